The molecule has 1 aromatic carbocycles. The molecule has 1 aromatic heterocycles. The second-order valence-corrected chi connectivity index (χ2v) is 5.77. The second kappa shape index (κ2) is 9.64. The highest BCUT2D eigenvalue weighted by atomic mass is 32.1. The van der Waals surface area contributed by atoms with E-state index in [1.54, 1.807) is 6.07 Å². The van der Waals surface area contributed by atoms with Crippen LogP contribution in [0, 0.1) is 11.3 Å². The van der Waals surface area contributed by atoms with Gasteiger partial charge in [-0.2, -0.15) is 10.2 Å². The summed E-state index contributed by atoms with van der Waals surface area (Å²) in [5, 5.41) is 12.4. The van der Waals surface area contributed by atoms with Crippen molar-refractivity contribution < 1.29 is 4.74 Å². The number of ether oxygens (including phenoxy) is 1. The molecule has 0 bridgehead atoms. The quantitative estimate of drug-likeness (QED) is 0.449. The van der Waals surface area contributed by atoms with E-state index < -0.39 is 5.92 Å². The van der Waals surface area contributed by atoms with E-state index in [2.05, 4.69) is 15.3 Å². The molecular formula is C17H20N6OS. The molecule has 0 saturated heterocycles. The normalized spacial score (nSPS) is 11.5. The Kier molecular flexibility index (Phi) is 7.22. The van der Waals surface area contributed by atoms with Crippen LogP contribution in [0.2, 0.25) is 0 Å². The number of nitrogens with two attached hydrogens (primary N) is 2. The van der Waals surface area contributed by atoms with Gasteiger partial charge in [0, 0.05) is 25.8 Å². The molecule has 0 radical (unpaired) electrons. The zero-order valence-corrected chi connectivity index (χ0v) is 14.5. The summed E-state index contributed by atoms with van der Waals surface area (Å²) in [6.45, 7) is 2.50. The SMILES string of the molecule is N#CC(C(N)=S)c1ccnc(OCc2ccc(CNCCN)cc2)n1. The van der Waals surface area contributed by atoms with Gasteiger partial charge < -0.3 is 21.5 Å². The molecule has 1 atom stereocenters. The highest BCUT2D eigenvalue weighted by molar-refractivity contribution is 7.80. The number of thiocarbonyl (C=S) groups is 1. The first-order valence-electron chi connectivity index (χ1n) is 7.77. The van der Waals surface area contributed by atoms with E-state index in [-0.39, 0.29) is 11.0 Å². The van der Waals surface area contributed by atoms with Gasteiger partial charge in [-0.3, -0.25) is 0 Å². The Morgan fingerprint density at radius 1 is 1.28 bits per heavy atom. The van der Waals surface area contributed by atoms with Gasteiger partial charge in [-0.25, -0.2) is 4.98 Å². The van der Waals surface area contributed by atoms with Crippen molar-refractivity contribution in [1.29, 1.82) is 5.26 Å². The third-order valence-corrected chi connectivity index (χ3v) is 3.64. The standard InChI is InChI=1S/C17H20N6OS/c18-6-8-21-10-12-1-3-13(4-2-12)11-24-17-22-7-5-15(23-17)14(9-19)16(20)25/h1-5,7,14,21H,6,8,10-11,18H2,(H2,20,25). The average molecular weight is 356 g/mol. The molecule has 130 valence electrons. The summed E-state index contributed by atoms with van der Waals surface area (Å²) < 4.78 is 5.60. The zero-order valence-electron chi connectivity index (χ0n) is 13.7. The van der Waals surface area contributed by atoms with Crippen LogP contribution < -0.4 is 21.5 Å². The van der Waals surface area contributed by atoms with Crippen LogP contribution in [0.4, 0.5) is 0 Å². The lowest BCUT2D eigenvalue weighted by Gasteiger charge is -2.09. The smallest absolute Gasteiger partial charge is 0.316 e. The molecule has 0 spiro atoms. The lowest BCUT2D eigenvalue weighted by atomic mass is 10.1. The zero-order chi connectivity index (χ0) is 18.1. The molecule has 0 aliphatic rings. The number of aromatic nitrogens is 2. The Labute approximate surface area is 152 Å². The number of nitrogens with zero attached hydrogens (tertiary/aromatic N) is 3. The van der Waals surface area contributed by atoms with Crippen molar-refractivity contribution in [1.82, 2.24) is 15.3 Å². The summed E-state index contributed by atoms with van der Waals surface area (Å²) in [6, 6.07) is 11.8. The van der Waals surface area contributed by atoms with Crippen LogP contribution in [-0.4, -0.2) is 28.0 Å². The van der Waals surface area contributed by atoms with Crippen LogP contribution in [0.3, 0.4) is 0 Å². The van der Waals surface area contributed by atoms with E-state index >= 15 is 0 Å². The largest absolute Gasteiger partial charge is 0.459 e. The van der Waals surface area contributed by atoms with Gasteiger partial charge >= 0.3 is 6.01 Å². The Bertz CT molecular complexity index is 744. The molecule has 5 N–H and O–H groups in total. The van der Waals surface area contributed by atoms with Crippen molar-refractivity contribution in [2.75, 3.05) is 13.1 Å². The molecule has 0 saturated carbocycles. The van der Waals surface area contributed by atoms with E-state index in [1.165, 1.54) is 11.8 Å². The van der Waals surface area contributed by atoms with Gasteiger partial charge in [0.15, 0.2) is 0 Å². The number of benzene rings is 1. The maximum atomic E-state index is 9.12. The molecule has 2 aromatic rings. The third kappa shape index (κ3) is 5.76. The van der Waals surface area contributed by atoms with Crippen LogP contribution in [0.15, 0.2) is 36.5 Å². The number of rotatable bonds is 9. The molecule has 0 fully saturated rings. The summed E-state index contributed by atoms with van der Waals surface area (Å²) in [5.74, 6) is -0.749. The fourth-order valence-electron chi connectivity index (χ4n) is 2.10. The molecule has 7 nitrogen and oxygen atoms in total. The topological polar surface area (TPSA) is 123 Å². The summed E-state index contributed by atoms with van der Waals surface area (Å²) in [4.78, 5) is 8.33. The first-order valence-corrected chi connectivity index (χ1v) is 8.18. The van der Waals surface area contributed by atoms with Gasteiger partial charge in [-0.15, -0.1) is 0 Å². The van der Waals surface area contributed by atoms with Gasteiger partial charge in [0.2, 0.25) is 0 Å². The highest BCUT2D eigenvalue weighted by Crippen LogP contribution is 2.15. The van der Waals surface area contributed by atoms with Gasteiger partial charge in [0.25, 0.3) is 0 Å². The Morgan fingerprint density at radius 3 is 2.64 bits per heavy atom. The molecular weight excluding hydrogens is 336 g/mol. The number of hydrogen-bond acceptors (Lipinski definition) is 7. The molecule has 1 unspecified atom stereocenters. The van der Waals surface area contributed by atoms with Crippen LogP contribution in [0.1, 0.15) is 22.7 Å². The van der Waals surface area contributed by atoms with Crippen LogP contribution in [0.5, 0.6) is 6.01 Å². The molecule has 8 heteroatoms. The summed E-state index contributed by atoms with van der Waals surface area (Å²) in [6.07, 6.45) is 1.52. The first kappa shape index (κ1) is 18.7. The van der Waals surface area contributed by atoms with Crippen molar-refractivity contribution in [2.45, 2.75) is 19.1 Å². The maximum Gasteiger partial charge on any atom is 0.316 e. The molecule has 1 heterocycles. The van der Waals surface area contributed by atoms with Gasteiger partial charge in [0.1, 0.15) is 12.5 Å². The minimum Gasteiger partial charge on any atom is -0.459 e. The Balaban J connectivity index is 1.95. The van der Waals surface area contributed by atoms with Crippen LogP contribution in [-0.2, 0) is 13.2 Å². The monoisotopic (exact) mass is 356 g/mol. The summed E-state index contributed by atoms with van der Waals surface area (Å²) in [5.41, 5.74) is 13.6. The average Bonchev–Trinajstić information content (AvgIpc) is 2.62. The molecule has 0 amide bonds. The fraction of sp³-hybridized carbons (Fsp3) is 0.294. The molecule has 0 aliphatic heterocycles. The number of nitrogens with one attached hydrogen (secondary N) is 1. The van der Waals surface area contributed by atoms with E-state index in [0.29, 0.717) is 18.8 Å². The lowest BCUT2D eigenvalue weighted by molar-refractivity contribution is 0.279. The predicted molar refractivity (Wildman–Crippen MR) is 98.7 cm³/mol. The van der Waals surface area contributed by atoms with E-state index in [1.807, 2.05) is 30.3 Å². The fourth-order valence-corrected chi connectivity index (χ4v) is 2.27. The van der Waals surface area contributed by atoms with Crippen molar-refractivity contribution >= 4 is 17.2 Å². The molecule has 2 rings (SSSR count). The van der Waals surface area contributed by atoms with Gasteiger partial charge in [0.05, 0.1) is 16.8 Å². The maximum absolute atomic E-state index is 9.12. The molecule has 0 aliphatic carbocycles. The highest BCUT2D eigenvalue weighted by Gasteiger charge is 2.16. The number of nitriles is 1. The Hall–Kier alpha value is -2.60. The summed E-state index contributed by atoms with van der Waals surface area (Å²) in [7, 11) is 0. The van der Waals surface area contributed by atoms with Crippen molar-refractivity contribution in [3.05, 3.63) is 53.3 Å². The van der Waals surface area contributed by atoms with Gasteiger partial charge in [-0.1, -0.05) is 36.5 Å². The Morgan fingerprint density at radius 2 is 2.00 bits per heavy atom. The predicted octanol–water partition coefficient (Wildman–Crippen LogP) is 0.997. The second-order valence-electron chi connectivity index (χ2n) is 5.30. The molecule has 25 heavy (non-hydrogen) atoms. The van der Waals surface area contributed by atoms with E-state index in [0.717, 1.165) is 18.7 Å². The number of hydrogen-bond donors (Lipinski definition) is 3. The van der Waals surface area contributed by atoms with Crippen molar-refractivity contribution in [2.24, 2.45) is 11.5 Å². The van der Waals surface area contributed by atoms with E-state index in [4.69, 9.17) is 33.7 Å². The van der Waals surface area contributed by atoms with Gasteiger partial charge in [-0.05, 0) is 17.2 Å². The van der Waals surface area contributed by atoms with Crippen molar-refractivity contribution in [3.8, 4) is 12.1 Å². The van der Waals surface area contributed by atoms with Crippen LogP contribution in [0.25, 0.3) is 0 Å². The van der Waals surface area contributed by atoms with Crippen molar-refractivity contribution in [3.63, 3.8) is 0 Å². The first-order chi connectivity index (χ1) is 12.1. The minimum atomic E-state index is -0.749. The third-order valence-electron chi connectivity index (χ3n) is 3.41. The summed E-state index contributed by atoms with van der Waals surface area (Å²) >= 11 is 4.87. The van der Waals surface area contributed by atoms with E-state index in [9.17, 15) is 0 Å². The lowest BCUT2D eigenvalue weighted by Crippen LogP contribution is -2.21. The van der Waals surface area contributed by atoms with Crippen LogP contribution >= 0.6 is 12.2 Å². The minimum absolute atomic E-state index is 0.0750.